The topological polar surface area (TPSA) is 0 Å². The molecule has 1 saturated carbocycles. The summed E-state index contributed by atoms with van der Waals surface area (Å²) in [7, 11) is -2.72. The van der Waals surface area contributed by atoms with Gasteiger partial charge in [-0.25, -0.2) is 0 Å². The number of rotatable bonds is 0. The summed E-state index contributed by atoms with van der Waals surface area (Å²) in [5, 5.41) is 0. The van der Waals surface area contributed by atoms with E-state index in [4.69, 9.17) is 0 Å². The van der Waals surface area contributed by atoms with Crippen molar-refractivity contribution in [3.63, 3.8) is 0 Å². The van der Waals surface area contributed by atoms with Crippen LogP contribution in [0.25, 0.3) is 0 Å². The summed E-state index contributed by atoms with van der Waals surface area (Å²) in [6.07, 6.45) is 9.48. The van der Waals surface area contributed by atoms with Crippen LogP contribution in [0.3, 0.4) is 0 Å². The summed E-state index contributed by atoms with van der Waals surface area (Å²) in [4.78, 5) is 0. The van der Waals surface area contributed by atoms with Crippen molar-refractivity contribution in [2.45, 2.75) is 84.2 Å². The van der Waals surface area contributed by atoms with Crippen LogP contribution in [0.15, 0.2) is 12.1 Å². The highest BCUT2D eigenvalue weighted by Crippen LogP contribution is 2.48. The Morgan fingerprint density at radius 1 is 0.692 bits per heavy atom. The van der Waals surface area contributed by atoms with E-state index >= 15 is 0 Å². The fourth-order valence-corrected chi connectivity index (χ4v) is 5.33. The maximum atomic E-state index is 3.59. The molecule has 1 spiro atoms. The van der Waals surface area contributed by atoms with E-state index in [9.17, 15) is 0 Å². The maximum Gasteiger partial charge on any atom is 0.129 e. The van der Waals surface area contributed by atoms with E-state index in [1.54, 1.807) is 11.1 Å². The summed E-state index contributed by atoms with van der Waals surface area (Å²) >= 11 is 0. The van der Waals surface area contributed by atoms with Gasteiger partial charge in [0.1, 0.15) is 16.1 Å². The Morgan fingerprint density at radius 2 is 1.12 bits per heavy atom. The van der Waals surface area contributed by atoms with Crippen LogP contribution in [0.4, 0.5) is 0 Å². The SMILES string of the molecule is C[Si](C)(C)C#Cc1ccc(C#C[Si](C)(C)C)c2c1CC1(CCCCC1)C2. The highest BCUT2D eigenvalue weighted by Gasteiger charge is 2.39. The molecule has 2 aliphatic carbocycles. The fraction of sp³-hybridized carbons (Fsp3) is 0.583. The van der Waals surface area contributed by atoms with Crippen molar-refractivity contribution < 1.29 is 0 Å². The van der Waals surface area contributed by atoms with Gasteiger partial charge in [-0.2, -0.15) is 0 Å². The molecule has 1 fully saturated rings. The molecule has 2 aliphatic rings. The van der Waals surface area contributed by atoms with Crippen molar-refractivity contribution in [1.29, 1.82) is 0 Å². The van der Waals surface area contributed by atoms with Crippen LogP contribution in [0.2, 0.25) is 39.3 Å². The van der Waals surface area contributed by atoms with E-state index in [0.29, 0.717) is 5.41 Å². The van der Waals surface area contributed by atoms with Gasteiger partial charge in [0, 0.05) is 11.1 Å². The van der Waals surface area contributed by atoms with Gasteiger partial charge in [-0.3, -0.25) is 0 Å². The minimum Gasteiger partial charge on any atom is -0.127 e. The summed E-state index contributed by atoms with van der Waals surface area (Å²) in [5.41, 5.74) is 13.4. The average Bonchev–Trinajstić information content (AvgIpc) is 2.89. The molecule has 0 nitrogen and oxygen atoms in total. The molecule has 1 aromatic rings. The van der Waals surface area contributed by atoms with Gasteiger partial charge < -0.3 is 0 Å². The van der Waals surface area contributed by atoms with E-state index in [1.165, 1.54) is 56.1 Å². The second kappa shape index (κ2) is 7.07. The standard InChI is InChI=1S/C24H34Si2/c1-25(2,3)16-12-20-10-11-21(13-17-26(4,5)6)23-19-24(18-22(20)23)14-8-7-9-15-24/h10-11H,7-9,14-15,18-19H2,1-6H3. The quantitative estimate of drug-likeness (QED) is 0.373. The molecule has 0 heterocycles. The number of benzene rings is 1. The van der Waals surface area contributed by atoms with Crippen LogP contribution in [0, 0.1) is 28.3 Å². The van der Waals surface area contributed by atoms with E-state index in [1.807, 2.05) is 0 Å². The highest BCUT2D eigenvalue weighted by molar-refractivity contribution is 6.84. The average molecular weight is 379 g/mol. The summed E-state index contributed by atoms with van der Waals surface area (Å²) in [6, 6.07) is 4.53. The summed E-state index contributed by atoms with van der Waals surface area (Å²) < 4.78 is 0. The Hall–Kier alpha value is -1.23. The van der Waals surface area contributed by atoms with Gasteiger partial charge in [-0.05, 0) is 54.4 Å². The first kappa shape index (κ1) is 19.5. The molecule has 2 heteroatoms. The van der Waals surface area contributed by atoms with Crippen LogP contribution in [-0.2, 0) is 12.8 Å². The third-order valence-corrected chi connectivity index (χ3v) is 7.34. The Labute approximate surface area is 163 Å². The van der Waals surface area contributed by atoms with Crippen molar-refractivity contribution in [3.8, 4) is 22.9 Å². The lowest BCUT2D eigenvalue weighted by molar-refractivity contribution is 0.202. The van der Waals surface area contributed by atoms with E-state index in [-0.39, 0.29) is 0 Å². The second-order valence-electron chi connectivity index (χ2n) is 10.5. The van der Waals surface area contributed by atoms with E-state index in [2.05, 4.69) is 74.3 Å². The molecule has 0 saturated heterocycles. The second-order valence-corrected chi connectivity index (χ2v) is 20.0. The van der Waals surface area contributed by atoms with Gasteiger partial charge in [0.2, 0.25) is 0 Å². The molecule has 0 aliphatic heterocycles. The molecule has 0 atom stereocenters. The van der Waals surface area contributed by atoms with Gasteiger partial charge in [0.25, 0.3) is 0 Å². The van der Waals surface area contributed by atoms with Crippen LogP contribution in [0.5, 0.6) is 0 Å². The highest BCUT2D eigenvalue weighted by atomic mass is 28.3. The molecule has 0 amide bonds. The molecule has 1 aromatic carbocycles. The monoisotopic (exact) mass is 378 g/mol. The first-order valence-electron chi connectivity index (χ1n) is 10.3. The molecule has 0 aromatic heterocycles. The number of fused-ring (bicyclic) bond motifs is 1. The number of hydrogen-bond acceptors (Lipinski definition) is 0. The zero-order valence-electron chi connectivity index (χ0n) is 17.6. The van der Waals surface area contributed by atoms with E-state index in [0.717, 1.165) is 0 Å². The summed E-state index contributed by atoms with van der Waals surface area (Å²) in [6.45, 7) is 14.0. The predicted molar refractivity (Wildman–Crippen MR) is 120 cm³/mol. The van der Waals surface area contributed by atoms with Gasteiger partial charge >= 0.3 is 0 Å². The van der Waals surface area contributed by atoms with Gasteiger partial charge in [0.15, 0.2) is 0 Å². The lowest BCUT2D eigenvalue weighted by atomic mass is 9.72. The van der Waals surface area contributed by atoms with Crippen LogP contribution >= 0.6 is 0 Å². The van der Waals surface area contributed by atoms with Crippen molar-refractivity contribution >= 4 is 16.1 Å². The van der Waals surface area contributed by atoms with Crippen molar-refractivity contribution in [2.75, 3.05) is 0 Å². The molecular formula is C24H34Si2. The number of hydrogen-bond donors (Lipinski definition) is 0. The van der Waals surface area contributed by atoms with Gasteiger partial charge in [-0.15, -0.1) is 11.1 Å². The largest absolute Gasteiger partial charge is 0.129 e. The smallest absolute Gasteiger partial charge is 0.127 e. The Balaban J connectivity index is 2.05. The van der Waals surface area contributed by atoms with Crippen LogP contribution in [-0.4, -0.2) is 16.1 Å². The van der Waals surface area contributed by atoms with Crippen molar-refractivity contribution in [2.24, 2.45) is 5.41 Å². The minimum absolute atomic E-state index is 0.507. The van der Waals surface area contributed by atoms with Crippen LogP contribution < -0.4 is 0 Å². The fourth-order valence-electron chi connectivity index (χ4n) is 4.31. The van der Waals surface area contributed by atoms with Crippen molar-refractivity contribution in [3.05, 3.63) is 34.4 Å². The Kier molecular flexibility index (Phi) is 5.31. The molecule has 138 valence electrons. The van der Waals surface area contributed by atoms with E-state index < -0.39 is 16.1 Å². The predicted octanol–water partition coefficient (Wildman–Crippen LogP) is 6.19. The normalized spacial score (nSPS) is 18.5. The lowest BCUT2D eigenvalue weighted by Crippen LogP contribution is -2.24. The Bertz CT molecular complexity index is 741. The summed E-state index contributed by atoms with van der Waals surface area (Å²) in [5.74, 6) is 7.16. The van der Waals surface area contributed by atoms with Crippen LogP contribution in [0.1, 0.15) is 54.4 Å². The first-order chi connectivity index (χ1) is 12.1. The lowest BCUT2D eigenvalue weighted by Gasteiger charge is -2.33. The molecule has 0 N–H and O–H groups in total. The zero-order valence-corrected chi connectivity index (χ0v) is 19.6. The van der Waals surface area contributed by atoms with Gasteiger partial charge in [-0.1, -0.05) is 70.4 Å². The molecule has 26 heavy (non-hydrogen) atoms. The third kappa shape index (κ3) is 4.73. The maximum absolute atomic E-state index is 3.59. The minimum atomic E-state index is -1.36. The molecular weight excluding hydrogens is 344 g/mol. The van der Waals surface area contributed by atoms with Gasteiger partial charge in [0.05, 0.1) is 0 Å². The Morgan fingerprint density at radius 3 is 1.50 bits per heavy atom. The van der Waals surface area contributed by atoms with Crippen molar-refractivity contribution in [1.82, 2.24) is 0 Å². The molecule has 0 unspecified atom stereocenters. The zero-order chi connectivity index (χ0) is 19.0. The molecule has 0 bridgehead atoms. The molecule has 3 rings (SSSR count). The molecule has 0 radical (unpaired) electrons. The third-order valence-electron chi connectivity index (χ3n) is 5.59. The first-order valence-corrected chi connectivity index (χ1v) is 17.3.